The van der Waals surface area contributed by atoms with Gasteiger partial charge in [0.05, 0.1) is 0 Å². The summed E-state index contributed by atoms with van der Waals surface area (Å²) in [5.74, 6) is 0.839. The van der Waals surface area contributed by atoms with Crippen LogP contribution in [0.15, 0.2) is 50.6 Å². The molecule has 3 aromatic rings. The summed E-state index contributed by atoms with van der Waals surface area (Å²) in [5, 5.41) is 3.82. The van der Waals surface area contributed by atoms with E-state index in [4.69, 9.17) is 16.1 Å². The van der Waals surface area contributed by atoms with Gasteiger partial charge in [-0.15, -0.1) is 0 Å². The van der Waals surface area contributed by atoms with E-state index in [1.165, 1.54) is 16.3 Å². The number of hydrogen-bond donors (Lipinski definition) is 1. The fourth-order valence-electron chi connectivity index (χ4n) is 2.10. The van der Waals surface area contributed by atoms with Crippen molar-refractivity contribution in [3.8, 4) is 0 Å². The Labute approximate surface area is 135 Å². The van der Waals surface area contributed by atoms with E-state index in [2.05, 4.69) is 15.1 Å². The van der Waals surface area contributed by atoms with Gasteiger partial charge in [0.1, 0.15) is 11.6 Å². The first-order chi connectivity index (χ1) is 11.1. The van der Waals surface area contributed by atoms with Crippen LogP contribution in [0.3, 0.4) is 0 Å². The van der Waals surface area contributed by atoms with E-state index in [1.54, 1.807) is 0 Å². The lowest BCUT2D eigenvalue weighted by molar-refractivity contribution is 0.364. The molecule has 118 valence electrons. The normalized spacial score (nSPS) is 10.8. The molecule has 3 rings (SSSR count). The monoisotopic (exact) mass is 332 g/mol. The molecular weight excluding hydrogens is 320 g/mol. The molecule has 0 aliphatic rings. The van der Waals surface area contributed by atoms with Crippen LogP contribution in [0.4, 0.5) is 0 Å². The first-order valence-electron chi connectivity index (χ1n) is 6.96. The first-order valence-corrected chi connectivity index (χ1v) is 7.34. The summed E-state index contributed by atoms with van der Waals surface area (Å²) in [6.45, 7) is 0.0493. The predicted molar refractivity (Wildman–Crippen MR) is 83.6 cm³/mol. The molecule has 0 fully saturated rings. The number of nitrogens with one attached hydrogen (secondary N) is 1. The fourth-order valence-corrected chi connectivity index (χ4v) is 2.27. The number of aromatic amines is 1. The van der Waals surface area contributed by atoms with Gasteiger partial charge in [-0.1, -0.05) is 47.1 Å². The van der Waals surface area contributed by atoms with Crippen LogP contribution in [0.25, 0.3) is 0 Å². The number of halogens is 1. The minimum absolute atomic E-state index is 0.0493. The number of nitrogens with zero attached hydrogens (tertiary/aromatic N) is 3. The molecular formula is C15H13ClN4O3. The summed E-state index contributed by atoms with van der Waals surface area (Å²) in [5.41, 5.74) is -0.0204. The standard InChI is InChI=1S/C15H13ClN4O3/c16-11-8-20(15(22)18-14(11)21)9-13-17-12(19-23-13)7-6-10-4-2-1-3-5-10/h1-5,8H,6-7,9H2,(H,18,21,22). The summed E-state index contributed by atoms with van der Waals surface area (Å²) >= 11 is 5.70. The molecule has 2 aromatic heterocycles. The lowest BCUT2D eigenvalue weighted by Crippen LogP contribution is -2.30. The molecule has 2 heterocycles. The third-order valence-corrected chi connectivity index (χ3v) is 3.53. The number of aryl methyl sites for hydroxylation is 2. The van der Waals surface area contributed by atoms with Crippen LogP contribution < -0.4 is 11.2 Å². The van der Waals surface area contributed by atoms with Crippen LogP contribution in [0, 0.1) is 0 Å². The average Bonchev–Trinajstić information content (AvgIpc) is 2.99. The maximum absolute atomic E-state index is 11.7. The maximum Gasteiger partial charge on any atom is 0.328 e. The SMILES string of the molecule is O=c1[nH]c(=O)n(Cc2nc(CCc3ccccc3)no2)cc1Cl. The van der Waals surface area contributed by atoms with Crippen molar-refractivity contribution in [1.82, 2.24) is 19.7 Å². The van der Waals surface area contributed by atoms with Crippen LogP contribution in [-0.4, -0.2) is 19.7 Å². The van der Waals surface area contributed by atoms with Crippen molar-refractivity contribution in [1.29, 1.82) is 0 Å². The quantitative estimate of drug-likeness (QED) is 0.762. The van der Waals surface area contributed by atoms with Gasteiger partial charge in [0.15, 0.2) is 5.82 Å². The second-order valence-electron chi connectivity index (χ2n) is 4.95. The maximum atomic E-state index is 11.7. The number of aromatic nitrogens is 4. The van der Waals surface area contributed by atoms with E-state index < -0.39 is 11.2 Å². The third-order valence-electron chi connectivity index (χ3n) is 3.26. The highest BCUT2D eigenvalue weighted by atomic mass is 35.5. The summed E-state index contributed by atoms with van der Waals surface area (Å²) in [4.78, 5) is 29.2. The Bertz CT molecular complexity index is 914. The molecule has 8 heteroatoms. The smallest absolute Gasteiger partial charge is 0.328 e. The van der Waals surface area contributed by atoms with Crippen molar-refractivity contribution in [3.63, 3.8) is 0 Å². The zero-order chi connectivity index (χ0) is 16.2. The summed E-state index contributed by atoms with van der Waals surface area (Å²) in [7, 11) is 0. The highest BCUT2D eigenvalue weighted by Gasteiger charge is 2.10. The molecule has 23 heavy (non-hydrogen) atoms. The molecule has 0 aliphatic carbocycles. The molecule has 0 atom stereocenters. The van der Waals surface area contributed by atoms with Gasteiger partial charge in [-0.05, 0) is 12.0 Å². The van der Waals surface area contributed by atoms with E-state index in [-0.39, 0.29) is 17.5 Å². The van der Waals surface area contributed by atoms with Gasteiger partial charge in [0.25, 0.3) is 5.56 Å². The summed E-state index contributed by atoms with van der Waals surface area (Å²) in [6.07, 6.45) is 2.68. The van der Waals surface area contributed by atoms with Crippen LogP contribution in [-0.2, 0) is 19.4 Å². The Balaban J connectivity index is 1.69. The van der Waals surface area contributed by atoms with Crippen LogP contribution in [0.1, 0.15) is 17.3 Å². The van der Waals surface area contributed by atoms with Crippen molar-refractivity contribution in [2.45, 2.75) is 19.4 Å². The molecule has 1 N–H and O–H groups in total. The first kappa shape index (κ1) is 15.2. The van der Waals surface area contributed by atoms with E-state index in [0.29, 0.717) is 12.2 Å². The van der Waals surface area contributed by atoms with Crippen molar-refractivity contribution < 1.29 is 4.52 Å². The number of rotatable bonds is 5. The lowest BCUT2D eigenvalue weighted by atomic mass is 10.1. The predicted octanol–water partition coefficient (Wildman–Crippen LogP) is 1.41. The average molecular weight is 333 g/mol. The molecule has 1 aromatic carbocycles. The zero-order valence-corrected chi connectivity index (χ0v) is 12.8. The summed E-state index contributed by atoms with van der Waals surface area (Å²) < 4.78 is 6.33. The second kappa shape index (κ2) is 6.62. The largest absolute Gasteiger partial charge is 0.337 e. The molecule has 0 bridgehead atoms. The van der Waals surface area contributed by atoms with Crippen molar-refractivity contribution in [3.05, 3.63) is 79.7 Å². The Kier molecular flexibility index (Phi) is 4.38. The van der Waals surface area contributed by atoms with Gasteiger partial charge >= 0.3 is 5.69 Å². The van der Waals surface area contributed by atoms with Gasteiger partial charge in [0, 0.05) is 12.6 Å². The van der Waals surface area contributed by atoms with Crippen LogP contribution in [0.2, 0.25) is 5.02 Å². The number of H-pyrrole nitrogens is 1. The Morgan fingerprint density at radius 3 is 2.74 bits per heavy atom. The second-order valence-corrected chi connectivity index (χ2v) is 5.36. The van der Waals surface area contributed by atoms with Crippen molar-refractivity contribution >= 4 is 11.6 Å². The van der Waals surface area contributed by atoms with Gasteiger partial charge in [-0.25, -0.2) is 4.79 Å². The lowest BCUT2D eigenvalue weighted by Gasteiger charge is -2.00. The molecule has 7 nitrogen and oxygen atoms in total. The van der Waals surface area contributed by atoms with Gasteiger partial charge in [0.2, 0.25) is 5.89 Å². The van der Waals surface area contributed by atoms with Crippen LogP contribution in [0.5, 0.6) is 0 Å². The molecule has 0 radical (unpaired) electrons. The van der Waals surface area contributed by atoms with Crippen molar-refractivity contribution in [2.75, 3.05) is 0 Å². The van der Waals surface area contributed by atoms with E-state index in [1.807, 2.05) is 30.3 Å². The zero-order valence-electron chi connectivity index (χ0n) is 12.0. The molecule has 0 amide bonds. The molecule has 0 saturated heterocycles. The van der Waals surface area contributed by atoms with Gasteiger partial charge in [-0.3, -0.25) is 14.3 Å². The minimum Gasteiger partial charge on any atom is -0.337 e. The molecule has 0 spiro atoms. The third kappa shape index (κ3) is 3.75. The highest BCUT2D eigenvalue weighted by Crippen LogP contribution is 2.06. The highest BCUT2D eigenvalue weighted by molar-refractivity contribution is 6.30. The summed E-state index contributed by atoms with van der Waals surface area (Å²) in [6, 6.07) is 9.97. The Morgan fingerprint density at radius 1 is 1.17 bits per heavy atom. The van der Waals surface area contributed by atoms with Gasteiger partial charge in [-0.2, -0.15) is 4.98 Å². The Hall–Kier alpha value is -2.67. The number of benzene rings is 1. The van der Waals surface area contributed by atoms with E-state index in [0.717, 1.165) is 6.42 Å². The van der Waals surface area contributed by atoms with Crippen molar-refractivity contribution in [2.24, 2.45) is 0 Å². The van der Waals surface area contributed by atoms with E-state index in [9.17, 15) is 9.59 Å². The van der Waals surface area contributed by atoms with Crippen LogP contribution >= 0.6 is 11.6 Å². The number of hydrogen-bond acceptors (Lipinski definition) is 5. The molecule has 0 aliphatic heterocycles. The molecule has 0 unspecified atom stereocenters. The Morgan fingerprint density at radius 2 is 1.96 bits per heavy atom. The van der Waals surface area contributed by atoms with Gasteiger partial charge < -0.3 is 4.52 Å². The van der Waals surface area contributed by atoms with E-state index >= 15 is 0 Å². The topological polar surface area (TPSA) is 93.8 Å². The fraction of sp³-hybridized carbons (Fsp3) is 0.200. The minimum atomic E-state index is -0.623. The molecule has 0 saturated carbocycles.